The molecule has 5 nitrogen and oxygen atoms in total. The first kappa shape index (κ1) is 13.7. The highest BCUT2D eigenvalue weighted by molar-refractivity contribution is 5.96. The Morgan fingerprint density at radius 3 is 2.64 bits per heavy atom. The molecule has 0 saturated carbocycles. The summed E-state index contributed by atoms with van der Waals surface area (Å²) in [7, 11) is 1.28. The highest BCUT2D eigenvalue weighted by Crippen LogP contribution is 2.26. The van der Waals surface area contributed by atoms with Crippen molar-refractivity contribution in [3.63, 3.8) is 0 Å². The number of nitrogens with zero attached hydrogens (tertiary/aromatic N) is 2. The topological polar surface area (TPSA) is 81.0 Å². The number of nitrogens with two attached hydrogens (primary N) is 1. The summed E-state index contributed by atoms with van der Waals surface area (Å²) in [5.41, 5.74) is 7.17. The molecule has 0 fully saturated rings. The van der Waals surface area contributed by atoms with E-state index in [1.54, 1.807) is 10.8 Å². The highest BCUT2D eigenvalue weighted by atomic mass is 16.5. The summed E-state index contributed by atoms with van der Waals surface area (Å²) in [6.45, 7) is 0. The van der Waals surface area contributed by atoms with E-state index in [1.807, 2.05) is 48.5 Å². The van der Waals surface area contributed by atoms with Crippen molar-refractivity contribution in [2.45, 2.75) is 0 Å². The van der Waals surface area contributed by atoms with Crippen molar-refractivity contribution < 1.29 is 9.53 Å². The van der Waals surface area contributed by atoms with Gasteiger partial charge in [0, 0.05) is 11.9 Å². The van der Waals surface area contributed by atoms with Gasteiger partial charge >= 0.3 is 5.97 Å². The Balaban J connectivity index is 2.25. The minimum Gasteiger partial charge on any atom is -0.464 e. The van der Waals surface area contributed by atoms with Crippen LogP contribution in [-0.4, -0.2) is 17.6 Å². The van der Waals surface area contributed by atoms with Crippen LogP contribution in [0.4, 0.5) is 5.69 Å². The summed E-state index contributed by atoms with van der Waals surface area (Å²) in [6.07, 6.45) is 1.55. The molecule has 0 amide bonds. The number of carbonyl (C=O) groups excluding carboxylic acids is 1. The molecule has 2 N–H and O–H groups in total. The van der Waals surface area contributed by atoms with E-state index in [-0.39, 0.29) is 16.9 Å². The van der Waals surface area contributed by atoms with Gasteiger partial charge in [0.15, 0.2) is 5.69 Å². The van der Waals surface area contributed by atoms with Crippen LogP contribution in [0.25, 0.3) is 16.5 Å². The molecule has 0 bridgehead atoms. The van der Waals surface area contributed by atoms with Gasteiger partial charge in [-0.1, -0.05) is 30.3 Å². The third-order valence-electron chi connectivity index (χ3n) is 3.55. The van der Waals surface area contributed by atoms with Gasteiger partial charge in [-0.3, -0.25) is 0 Å². The molecule has 0 aliphatic carbocycles. The van der Waals surface area contributed by atoms with Crippen molar-refractivity contribution in [2.24, 2.45) is 0 Å². The molecule has 0 saturated heterocycles. The fraction of sp³-hybridized carbons (Fsp3) is 0.0588. The number of nitriles is 1. The number of ether oxygens (including phenoxy) is 1. The number of aromatic nitrogens is 1. The summed E-state index contributed by atoms with van der Waals surface area (Å²) in [5, 5.41) is 11.3. The Morgan fingerprint density at radius 1 is 1.23 bits per heavy atom. The molecule has 0 unspecified atom stereocenters. The maximum Gasteiger partial charge on any atom is 0.357 e. The average molecular weight is 291 g/mol. The van der Waals surface area contributed by atoms with Crippen LogP contribution < -0.4 is 5.73 Å². The van der Waals surface area contributed by atoms with Crippen LogP contribution in [-0.2, 0) is 4.74 Å². The second kappa shape index (κ2) is 5.26. The van der Waals surface area contributed by atoms with Gasteiger partial charge in [-0.15, -0.1) is 0 Å². The SMILES string of the molecule is COC(=O)c1c(N)c(C#N)cn1-c1ccc2ccccc2c1. The first-order valence-electron chi connectivity index (χ1n) is 6.64. The molecule has 3 aromatic rings. The van der Waals surface area contributed by atoms with E-state index in [2.05, 4.69) is 0 Å². The minimum absolute atomic E-state index is 0.127. The minimum atomic E-state index is -0.577. The predicted octanol–water partition coefficient (Wildman–Crippen LogP) is 2.87. The molecule has 1 heterocycles. The normalized spacial score (nSPS) is 10.4. The number of fused-ring (bicyclic) bond motifs is 1. The van der Waals surface area contributed by atoms with Crippen molar-refractivity contribution in [1.29, 1.82) is 5.26 Å². The van der Waals surface area contributed by atoms with Crippen LogP contribution in [0.3, 0.4) is 0 Å². The van der Waals surface area contributed by atoms with Crippen molar-refractivity contribution in [1.82, 2.24) is 4.57 Å². The summed E-state index contributed by atoms with van der Waals surface area (Å²) >= 11 is 0. The van der Waals surface area contributed by atoms with Gasteiger partial charge in [-0.05, 0) is 22.9 Å². The second-order valence-electron chi connectivity index (χ2n) is 4.81. The lowest BCUT2D eigenvalue weighted by Crippen LogP contribution is -2.11. The fourth-order valence-corrected chi connectivity index (χ4v) is 2.44. The zero-order valence-electron chi connectivity index (χ0n) is 11.9. The van der Waals surface area contributed by atoms with E-state index < -0.39 is 5.97 Å². The Morgan fingerprint density at radius 2 is 1.95 bits per heavy atom. The molecule has 0 aliphatic rings. The van der Waals surface area contributed by atoms with E-state index in [9.17, 15) is 4.79 Å². The zero-order valence-corrected chi connectivity index (χ0v) is 11.9. The lowest BCUT2D eigenvalue weighted by molar-refractivity contribution is 0.0593. The maximum absolute atomic E-state index is 12.0. The molecule has 1 aromatic heterocycles. The number of esters is 1. The van der Waals surface area contributed by atoms with Crippen LogP contribution in [0, 0.1) is 11.3 Å². The van der Waals surface area contributed by atoms with Gasteiger partial charge in [0.25, 0.3) is 0 Å². The molecular weight excluding hydrogens is 278 g/mol. The number of carbonyl (C=O) groups is 1. The van der Waals surface area contributed by atoms with Crippen LogP contribution >= 0.6 is 0 Å². The van der Waals surface area contributed by atoms with Gasteiger partial charge in [0.1, 0.15) is 6.07 Å². The van der Waals surface area contributed by atoms with E-state index in [0.29, 0.717) is 0 Å². The number of anilines is 1. The summed E-state index contributed by atoms with van der Waals surface area (Å²) in [6, 6.07) is 15.6. The van der Waals surface area contributed by atoms with Crippen LogP contribution in [0.15, 0.2) is 48.7 Å². The standard InChI is InChI=1S/C17H13N3O2/c1-22-17(21)16-15(19)13(9-18)10-20(16)14-7-6-11-4-2-3-5-12(11)8-14/h2-8,10H,19H2,1H3. The summed E-state index contributed by atoms with van der Waals surface area (Å²) < 4.78 is 6.36. The number of hydrogen-bond donors (Lipinski definition) is 1. The van der Waals surface area contributed by atoms with Gasteiger partial charge < -0.3 is 15.0 Å². The Kier molecular flexibility index (Phi) is 3.28. The monoisotopic (exact) mass is 291 g/mol. The van der Waals surface area contributed by atoms with Crippen LogP contribution in [0.2, 0.25) is 0 Å². The largest absolute Gasteiger partial charge is 0.464 e. The molecule has 5 heteroatoms. The number of methoxy groups -OCH3 is 1. The predicted molar refractivity (Wildman–Crippen MR) is 83.7 cm³/mol. The van der Waals surface area contributed by atoms with Crippen molar-refractivity contribution in [3.05, 3.63) is 59.9 Å². The molecule has 22 heavy (non-hydrogen) atoms. The highest BCUT2D eigenvalue weighted by Gasteiger charge is 2.21. The smallest absolute Gasteiger partial charge is 0.357 e. The first-order valence-corrected chi connectivity index (χ1v) is 6.64. The molecule has 2 aromatic carbocycles. The average Bonchev–Trinajstić information content (AvgIpc) is 2.90. The van der Waals surface area contributed by atoms with Crippen molar-refractivity contribution in [3.8, 4) is 11.8 Å². The Hall–Kier alpha value is -3.26. The quantitative estimate of drug-likeness (QED) is 0.736. The van der Waals surface area contributed by atoms with Gasteiger partial charge in [-0.25, -0.2) is 4.79 Å². The second-order valence-corrected chi connectivity index (χ2v) is 4.81. The number of hydrogen-bond acceptors (Lipinski definition) is 4. The van der Waals surface area contributed by atoms with Gasteiger partial charge in [0.2, 0.25) is 0 Å². The van der Waals surface area contributed by atoms with Gasteiger partial charge in [-0.2, -0.15) is 5.26 Å². The molecule has 0 aliphatic heterocycles. The Bertz CT molecular complexity index is 919. The number of benzene rings is 2. The lowest BCUT2D eigenvalue weighted by atomic mass is 10.1. The first-order chi connectivity index (χ1) is 10.7. The molecule has 0 radical (unpaired) electrons. The van der Waals surface area contributed by atoms with Crippen LogP contribution in [0.1, 0.15) is 16.1 Å². The molecule has 108 valence electrons. The maximum atomic E-state index is 12.0. The molecule has 0 atom stereocenters. The van der Waals surface area contributed by atoms with Crippen molar-refractivity contribution >= 4 is 22.4 Å². The number of rotatable bonds is 2. The summed E-state index contributed by atoms with van der Waals surface area (Å²) in [5.74, 6) is -0.577. The van der Waals surface area contributed by atoms with E-state index in [4.69, 9.17) is 15.7 Å². The number of nitrogen functional groups attached to an aromatic ring is 1. The lowest BCUT2D eigenvalue weighted by Gasteiger charge is -2.09. The van der Waals surface area contributed by atoms with Crippen molar-refractivity contribution in [2.75, 3.05) is 12.8 Å². The van der Waals surface area contributed by atoms with E-state index in [1.165, 1.54) is 7.11 Å². The molecule has 0 spiro atoms. The van der Waals surface area contributed by atoms with E-state index >= 15 is 0 Å². The fourth-order valence-electron chi connectivity index (χ4n) is 2.44. The third kappa shape index (κ3) is 2.07. The zero-order chi connectivity index (χ0) is 15.7. The molecular formula is C17H13N3O2. The summed E-state index contributed by atoms with van der Waals surface area (Å²) in [4.78, 5) is 12.0. The Labute approximate surface area is 127 Å². The third-order valence-corrected chi connectivity index (χ3v) is 3.55. The van der Waals surface area contributed by atoms with Crippen LogP contribution in [0.5, 0.6) is 0 Å². The van der Waals surface area contributed by atoms with E-state index in [0.717, 1.165) is 16.5 Å². The van der Waals surface area contributed by atoms with Gasteiger partial charge in [0.05, 0.1) is 18.4 Å². The molecule has 3 rings (SSSR count).